The first-order valence-corrected chi connectivity index (χ1v) is 3.24. The molecule has 56 valence electrons. The van der Waals surface area contributed by atoms with Gasteiger partial charge in [0.25, 0.3) is 0 Å². The molecule has 0 aliphatic heterocycles. The van der Waals surface area contributed by atoms with Crippen molar-refractivity contribution in [2.45, 2.75) is 13.8 Å². The van der Waals surface area contributed by atoms with Gasteiger partial charge in [-0.1, -0.05) is 0 Å². The quantitative estimate of drug-likeness (QED) is 0.446. The number of nitrogens with zero attached hydrogens (tertiary/aromatic N) is 1. The Morgan fingerprint density at radius 2 is 2.40 bits per heavy atom. The van der Waals surface area contributed by atoms with Gasteiger partial charge in [0.15, 0.2) is 0 Å². The van der Waals surface area contributed by atoms with Crippen molar-refractivity contribution in [1.82, 2.24) is 5.32 Å². The molecule has 0 aromatic heterocycles. The van der Waals surface area contributed by atoms with Crippen molar-refractivity contribution in [2.24, 2.45) is 4.99 Å². The molecule has 0 spiro atoms. The van der Waals surface area contributed by atoms with E-state index >= 15 is 0 Å². The van der Waals surface area contributed by atoms with Crippen molar-refractivity contribution in [3.63, 3.8) is 0 Å². The minimum Gasteiger partial charge on any atom is -0.391 e. The number of hydrogen-bond donors (Lipinski definition) is 2. The highest BCUT2D eigenvalue weighted by Gasteiger charge is 1.77. The number of hydrogen-bond acceptors (Lipinski definition) is 2. The molecule has 0 amide bonds. The zero-order valence-corrected chi connectivity index (χ0v) is 6.39. The summed E-state index contributed by atoms with van der Waals surface area (Å²) in [5.41, 5.74) is 0.830. The maximum absolute atomic E-state index is 6.65. The maximum atomic E-state index is 6.65. The van der Waals surface area contributed by atoms with Crippen LogP contribution in [0.15, 0.2) is 17.3 Å². The van der Waals surface area contributed by atoms with Crippen molar-refractivity contribution in [3.05, 3.63) is 12.3 Å². The Kier molecular flexibility index (Phi) is 5.33. The van der Waals surface area contributed by atoms with E-state index in [0.29, 0.717) is 0 Å². The molecule has 0 atom stereocenters. The van der Waals surface area contributed by atoms with E-state index in [0.717, 1.165) is 18.6 Å². The van der Waals surface area contributed by atoms with E-state index in [-0.39, 0.29) is 0 Å². The minimum absolute atomic E-state index is 0.830. The Morgan fingerprint density at radius 3 is 2.90 bits per heavy atom. The zero-order chi connectivity index (χ0) is 7.82. The monoisotopic (exact) mass is 139 g/mol. The van der Waals surface area contributed by atoms with E-state index in [1.807, 2.05) is 26.1 Å². The molecule has 0 aromatic carbocycles. The van der Waals surface area contributed by atoms with Crippen LogP contribution in [0.1, 0.15) is 13.8 Å². The van der Waals surface area contributed by atoms with Crippen LogP contribution >= 0.6 is 0 Å². The lowest BCUT2D eigenvalue weighted by Crippen LogP contribution is -2.02. The van der Waals surface area contributed by atoms with Gasteiger partial charge in [-0.05, 0) is 26.1 Å². The van der Waals surface area contributed by atoms with Gasteiger partial charge >= 0.3 is 0 Å². The molecular formula is C7H13N3. The van der Waals surface area contributed by atoms with Gasteiger partial charge in [-0.3, -0.25) is 5.41 Å². The van der Waals surface area contributed by atoms with Gasteiger partial charge < -0.3 is 5.32 Å². The van der Waals surface area contributed by atoms with Gasteiger partial charge in [-0.2, -0.15) is 0 Å². The molecule has 3 nitrogen and oxygen atoms in total. The Bertz CT molecular complexity index is 147. The van der Waals surface area contributed by atoms with E-state index in [4.69, 9.17) is 5.41 Å². The minimum atomic E-state index is 0.830. The lowest BCUT2D eigenvalue weighted by atomic mass is 10.4. The van der Waals surface area contributed by atoms with Gasteiger partial charge in [-0.15, -0.1) is 0 Å². The highest BCUT2D eigenvalue weighted by Crippen LogP contribution is 1.76. The van der Waals surface area contributed by atoms with Crippen LogP contribution in [-0.2, 0) is 0 Å². The normalized spacial score (nSPS) is 12.0. The Labute approximate surface area is 61.4 Å². The topological polar surface area (TPSA) is 48.2 Å². The van der Waals surface area contributed by atoms with Gasteiger partial charge in [-0.25, -0.2) is 4.99 Å². The summed E-state index contributed by atoms with van der Waals surface area (Å²) in [6, 6.07) is 0. The Morgan fingerprint density at radius 1 is 1.70 bits per heavy atom. The molecule has 0 aliphatic rings. The van der Waals surface area contributed by atoms with Crippen LogP contribution in [0.25, 0.3) is 0 Å². The van der Waals surface area contributed by atoms with Crippen LogP contribution in [-0.4, -0.2) is 18.6 Å². The molecule has 0 heterocycles. The molecule has 3 heteroatoms. The molecule has 0 saturated heterocycles. The molecule has 0 saturated carbocycles. The molecule has 0 rings (SSSR count). The number of allylic oxidation sites excluding steroid dienone is 1. The van der Waals surface area contributed by atoms with Crippen molar-refractivity contribution < 1.29 is 0 Å². The van der Waals surface area contributed by atoms with E-state index in [9.17, 15) is 0 Å². The van der Waals surface area contributed by atoms with Gasteiger partial charge in [0.05, 0.1) is 0 Å². The summed E-state index contributed by atoms with van der Waals surface area (Å²) < 4.78 is 0. The first-order valence-electron chi connectivity index (χ1n) is 3.24. The van der Waals surface area contributed by atoms with Gasteiger partial charge in [0.2, 0.25) is 0 Å². The summed E-state index contributed by atoms with van der Waals surface area (Å²) in [4.78, 5) is 3.73. The Hall–Kier alpha value is -1.12. The van der Waals surface area contributed by atoms with Gasteiger partial charge in [0.1, 0.15) is 6.34 Å². The molecule has 0 bridgehead atoms. The average Bonchev–Trinajstić information content (AvgIpc) is 1.89. The van der Waals surface area contributed by atoms with E-state index in [1.54, 1.807) is 0 Å². The van der Waals surface area contributed by atoms with E-state index < -0.39 is 0 Å². The van der Waals surface area contributed by atoms with Crippen LogP contribution in [0.2, 0.25) is 0 Å². The SMILES string of the molecule is CCN/C=C/C(C)=N\C=N. The second-order valence-electron chi connectivity index (χ2n) is 1.79. The molecular weight excluding hydrogens is 126 g/mol. The summed E-state index contributed by atoms with van der Waals surface area (Å²) in [5, 5.41) is 9.65. The zero-order valence-electron chi connectivity index (χ0n) is 6.39. The second kappa shape index (κ2) is 6.01. The fraction of sp³-hybridized carbons (Fsp3) is 0.429. The van der Waals surface area contributed by atoms with E-state index in [2.05, 4.69) is 10.3 Å². The van der Waals surface area contributed by atoms with Crippen LogP contribution in [0.4, 0.5) is 0 Å². The summed E-state index contributed by atoms with van der Waals surface area (Å²) >= 11 is 0. The van der Waals surface area contributed by atoms with Crippen LogP contribution in [0, 0.1) is 5.41 Å². The summed E-state index contributed by atoms with van der Waals surface area (Å²) in [7, 11) is 0. The molecule has 0 fully saturated rings. The predicted octanol–water partition coefficient (Wildman–Crippen LogP) is 1.18. The van der Waals surface area contributed by atoms with Crippen LogP contribution < -0.4 is 5.32 Å². The first-order chi connectivity index (χ1) is 4.81. The van der Waals surface area contributed by atoms with Crippen molar-refractivity contribution in [3.8, 4) is 0 Å². The number of aliphatic imine (C=N–C) groups is 1. The number of rotatable bonds is 4. The Balaban J connectivity index is 3.65. The summed E-state index contributed by atoms with van der Waals surface area (Å²) in [6.45, 7) is 4.78. The van der Waals surface area contributed by atoms with Crippen molar-refractivity contribution >= 4 is 12.1 Å². The third-order valence-electron chi connectivity index (χ3n) is 0.915. The largest absolute Gasteiger partial charge is 0.391 e. The fourth-order valence-corrected chi connectivity index (χ4v) is 0.442. The van der Waals surface area contributed by atoms with Gasteiger partial charge in [0, 0.05) is 12.3 Å². The highest BCUT2D eigenvalue weighted by molar-refractivity contribution is 5.96. The third kappa shape index (κ3) is 5.03. The van der Waals surface area contributed by atoms with Crippen LogP contribution in [0.3, 0.4) is 0 Å². The maximum Gasteiger partial charge on any atom is 0.107 e. The smallest absolute Gasteiger partial charge is 0.107 e. The first kappa shape index (κ1) is 8.88. The standard InChI is InChI=1S/C7H13N3/c1-3-9-5-4-7(2)10-6-8/h4-6,8-9H,3H2,1-2H3/b5-4+,8-6?,10-7-. The summed E-state index contributed by atoms with van der Waals surface area (Å²) in [6.07, 6.45) is 4.68. The summed E-state index contributed by atoms with van der Waals surface area (Å²) in [5.74, 6) is 0. The second-order valence-corrected chi connectivity index (χ2v) is 1.79. The molecule has 2 N–H and O–H groups in total. The molecule has 0 unspecified atom stereocenters. The number of nitrogens with one attached hydrogen (secondary N) is 2. The fourth-order valence-electron chi connectivity index (χ4n) is 0.442. The molecule has 0 radical (unpaired) electrons. The lowest BCUT2D eigenvalue weighted by Gasteiger charge is -1.90. The average molecular weight is 139 g/mol. The molecule has 0 aliphatic carbocycles. The van der Waals surface area contributed by atoms with E-state index in [1.165, 1.54) is 0 Å². The predicted molar refractivity (Wildman–Crippen MR) is 44.7 cm³/mol. The van der Waals surface area contributed by atoms with Crippen molar-refractivity contribution in [2.75, 3.05) is 6.54 Å². The lowest BCUT2D eigenvalue weighted by molar-refractivity contribution is 0.920. The van der Waals surface area contributed by atoms with Crippen LogP contribution in [0.5, 0.6) is 0 Å². The van der Waals surface area contributed by atoms with Crippen molar-refractivity contribution in [1.29, 1.82) is 5.41 Å². The third-order valence-corrected chi connectivity index (χ3v) is 0.915. The molecule has 10 heavy (non-hydrogen) atoms. The highest BCUT2D eigenvalue weighted by atomic mass is 14.8. The molecule has 0 aromatic rings.